The van der Waals surface area contributed by atoms with Crippen molar-refractivity contribution in [3.63, 3.8) is 0 Å². The summed E-state index contributed by atoms with van der Waals surface area (Å²) in [5.41, 5.74) is 15.4. The predicted molar refractivity (Wildman–Crippen MR) is 130 cm³/mol. The number of rotatable bonds is 6. The summed E-state index contributed by atoms with van der Waals surface area (Å²) in [6.45, 7) is 8.32. The molecule has 0 radical (unpaired) electrons. The highest BCUT2D eigenvalue weighted by Gasteiger charge is 2.27. The summed E-state index contributed by atoms with van der Waals surface area (Å²) in [6, 6.07) is 11.6. The van der Waals surface area contributed by atoms with Crippen LogP contribution < -0.4 is 5.73 Å². The molecule has 3 N–H and O–H groups in total. The molecule has 172 valence electrons. The number of hydrogen-bond acceptors (Lipinski definition) is 5. The van der Waals surface area contributed by atoms with Gasteiger partial charge in [0, 0.05) is 54.3 Å². The Balaban J connectivity index is 1.45. The van der Waals surface area contributed by atoms with Crippen molar-refractivity contribution in [1.82, 2.24) is 29.7 Å². The van der Waals surface area contributed by atoms with Crippen molar-refractivity contribution in [2.75, 3.05) is 13.1 Å². The molecule has 0 amide bonds. The van der Waals surface area contributed by atoms with Crippen LogP contribution in [0.1, 0.15) is 65.1 Å². The van der Waals surface area contributed by atoms with E-state index in [1.165, 1.54) is 22.3 Å². The number of aromatic amines is 1. The molecule has 1 atom stereocenters. The van der Waals surface area contributed by atoms with Crippen molar-refractivity contribution in [2.45, 2.75) is 58.5 Å². The molecule has 3 aromatic heterocycles. The number of fused-ring (bicyclic) bond motifs is 1. The number of piperidine rings is 1. The minimum Gasteiger partial charge on any atom is -0.328 e. The number of hydrogen-bond donors (Lipinski definition) is 2. The van der Waals surface area contributed by atoms with Gasteiger partial charge in [0.2, 0.25) is 0 Å². The fourth-order valence-corrected chi connectivity index (χ4v) is 5.10. The summed E-state index contributed by atoms with van der Waals surface area (Å²) in [5, 5.41) is 12.0. The third-order valence-electron chi connectivity index (χ3n) is 6.86. The third kappa shape index (κ3) is 4.30. The number of likely N-dealkylation sites (tertiary alicyclic amines) is 1. The van der Waals surface area contributed by atoms with E-state index >= 15 is 0 Å². The lowest BCUT2D eigenvalue weighted by Gasteiger charge is -2.36. The van der Waals surface area contributed by atoms with Crippen LogP contribution in [0.25, 0.3) is 5.65 Å². The van der Waals surface area contributed by atoms with Gasteiger partial charge in [0.25, 0.3) is 0 Å². The zero-order chi connectivity index (χ0) is 22.9. The van der Waals surface area contributed by atoms with E-state index in [1.807, 2.05) is 23.8 Å². The van der Waals surface area contributed by atoms with Crippen LogP contribution in [0.15, 0.2) is 42.7 Å². The van der Waals surface area contributed by atoms with E-state index in [0.717, 1.165) is 61.5 Å². The Morgan fingerprint density at radius 1 is 1.12 bits per heavy atom. The first-order valence-electron chi connectivity index (χ1n) is 12.0. The van der Waals surface area contributed by atoms with Crippen molar-refractivity contribution in [3.8, 4) is 0 Å². The number of nitrogens with two attached hydrogens (primary N) is 1. The molecule has 1 fully saturated rings. The summed E-state index contributed by atoms with van der Waals surface area (Å²) in [7, 11) is 0. The zero-order valence-corrected chi connectivity index (χ0v) is 19.8. The maximum absolute atomic E-state index is 6.16. The van der Waals surface area contributed by atoms with Gasteiger partial charge >= 0.3 is 0 Å². The number of nitrogens with one attached hydrogen (secondary N) is 1. The summed E-state index contributed by atoms with van der Waals surface area (Å²) in [6.07, 6.45) is 7.75. The first kappa shape index (κ1) is 21.8. The van der Waals surface area contributed by atoms with Crippen molar-refractivity contribution in [2.24, 2.45) is 5.73 Å². The van der Waals surface area contributed by atoms with Crippen LogP contribution in [0.5, 0.6) is 0 Å². The molecule has 33 heavy (non-hydrogen) atoms. The van der Waals surface area contributed by atoms with E-state index in [0.29, 0.717) is 6.04 Å². The molecule has 5 rings (SSSR count). The Hall–Kier alpha value is -3.03. The van der Waals surface area contributed by atoms with Gasteiger partial charge in [0.1, 0.15) is 0 Å². The lowest BCUT2D eigenvalue weighted by Crippen LogP contribution is -2.41. The Labute approximate surface area is 195 Å². The molecular formula is C26H33N7. The smallest absolute Gasteiger partial charge is 0.159 e. The van der Waals surface area contributed by atoms with Crippen molar-refractivity contribution in [1.29, 1.82) is 0 Å². The lowest BCUT2D eigenvalue weighted by atomic mass is 9.94. The van der Waals surface area contributed by atoms with Gasteiger partial charge in [0.15, 0.2) is 5.65 Å². The molecule has 0 aliphatic carbocycles. The Morgan fingerprint density at radius 2 is 1.88 bits per heavy atom. The first-order chi connectivity index (χ1) is 16.0. The fourth-order valence-electron chi connectivity index (χ4n) is 5.10. The highest BCUT2D eigenvalue weighted by atomic mass is 15.3. The number of benzene rings is 1. The molecule has 1 aliphatic heterocycles. The molecule has 1 aromatic carbocycles. The largest absolute Gasteiger partial charge is 0.328 e. The lowest BCUT2D eigenvalue weighted by molar-refractivity contribution is 0.175. The Kier molecular flexibility index (Phi) is 6.00. The van der Waals surface area contributed by atoms with Crippen molar-refractivity contribution in [3.05, 3.63) is 82.1 Å². The van der Waals surface area contributed by atoms with Crippen LogP contribution >= 0.6 is 0 Å². The Bertz CT molecular complexity index is 1220. The monoisotopic (exact) mass is 443 g/mol. The standard InChI is InChI=1S/C26H33N7/c1-4-24-23(26-30-17(2)13-18(3)33(26)31-24)14-19-5-7-20(8-6-19)25(21-15-28-29-16-21)32-11-9-22(27)10-12-32/h5-8,13,15-16,22,25H,4,9-12,14,27H2,1-3H3,(H,28,29). The summed E-state index contributed by atoms with van der Waals surface area (Å²) in [5.74, 6) is 0. The minimum atomic E-state index is 0.195. The number of aryl methyl sites for hydroxylation is 3. The molecule has 4 heterocycles. The predicted octanol–water partition coefficient (Wildman–Crippen LogP) is 3.73. The third-order valence-corrected chi connectivity index (χ3v) is 6.86. The van der Waals surface area contributed by atoms with E-state index in [2.05, 4.69) is 59.3 Å². The van der Waals surface area contributed by atoms with Crippen LogP contribution in [-0.4, -0.2) is 48.8 Å². The summed E-state index contributed by atoms with van der Waals surface area (Å²) >= 11 is 0. The van der Waals surface area contributed by atoms with E-state index in [-0.39, 0.29) is 6.04 Å². The van der Waals surface area contributed by atoms with Gasteiger partial charge in [-0.25, -0.2) is 9.50 Å². The topological polar surface area (TPSA) is 88.1 Å². The van der Waals surface area contributed by atoms with Crippen LogP contribution in [-0.2, 0) is 12.8 Å². The molecule has 1 aliphatic rings. The van der Waals surface area contributed by atoms with E-state index in [9.17, 15) is 0 Å². The van der Waals surface area contributed by atoms with Crippen LogP contribution in [0.2, 0.25) is 0 Å². The van der Waals surface area contributed by atoms with Gasteiger partial charge in [-0.3, -0.25) is 10.00 Å². The molecule has 7 heteroatoms. The van der Waals surface area contributed by atoms with Gasteiger partial charge in [-0.15, -0.1) is 0 Å². The first-order valence-corrected chi connectivity index (χ1v) is 12.0. The highest BCUT2D eigenvalue weighted by Crippen LogP contribution is 2.31. The zero-order valence-electron chi connectivity index (χ0n) is 19.8. The number of aromatic nitrogens is 5. The fraction of sp³-hybridized carbons (Fsp3) is 0.423. The highest BCUT2D eigenvalue weighted by molar-refractivity contribution is 5.54. The maximum atomic E-state index is 6.16. The van der Waals surface area contributed by atoms with Gasteiger partial charge in [-0.05, 0) is 50.3 Å². The maximum Gasteiger partial charge on any atom is 0.159 e. The second-order valence-corrected chi connectivity index (χ2v) is 9.28. The number of H-pyrrole nitrogens is 1. The normalized spacial score (nSPS) is 16.5. The number of nitrogens with zero attached hydrogens (tertiary/aromatic N) is 5. The van der Waals surface area contributed by atoms with Gasteiger partial charge in [-0.1, -0.05) is 31.2 Å². The van der Waals surface area contributed by atoms with Crippen LogP contribution in [0.3, 0.4) is 0 Å². The second-order valence-electron chi connectivity index (χ2n) is 9.28. The van der Waals surface area contributed by atoms with Crippen LogP contribution in [0.4, 0.5) is 0 Å². The molecule has 0 saturated carbocycles. The molecule has 1 unspecified atom stereocenters. The van der Waals surface area contributed by atoms with Gasteiger partial charge in [0.05, 0.1) is 17.9 Å². The molecule has 0 spiro atoms. The molecule has 1 saturated heterocycles. The van der Waals surface area contributed by atoms with Gasteiger partial charge < -0.3 is 5.73 Å². The van der Waals surface area contributed by atoms with Crippen LogP contribution in [0, 0.1) is 13.8 Å². The summed E-state index contributed by atoms with van der Waals surface area (Å²) in [4.78, 5) is 7.35. The summed E-state index contributed by atoms with van der Waals surface area (Å²) < 4.78 is 1.99. The molecule has 4 aromatic rings. The molecule has 7 nitrogen and oxygen atoms in total. The molecule has 0 bridgehead atoms. The minimum absolute atomic E-state index is 0.195. The average Bonchev–Trinajstić information content (AvgIpc) is 3.45. The SMILES string of the molecule is CCc1nn2c(C)cc(C)nc2c1Cc1ccc(C(c2cn[nH]c2)N2CCC(N)CC2)cc1. The average molecular weight is 444 g/mol. The van der Waals surface area contributed by atoms with Crippen molar-refractivity contribution >= 4 is 5.65 Å². The van der Waals surface area contributed by atoms with E-state index < -0.39 is 0 Å². The van der Waals surface area contributed by atoms with E-state index in [1.54, 1.807) is 0 Å². The Morgan fingerprint density at radius 3 is 2.55 bits per heavy atom. The quantitative estimate of drug-likeness (QED) is 0.474. The molecular weight excluding hydrogens is 410 g/mol. The second kappa shape index (κ2) is 9.08. The van der Waals surface area contributed by atoms with Crippen molar-refractivity contribution < 1.29 is 0 Å². The van der Waals surface area contributed by atoms with Gasteiger partial charge in [-0.2, -0.15) is 10.2 Å². The van der Waals surface area contributed by atoms with E-state index in [4.69, 9.17) is 15.8 Å².